The fourth-order valence-corrected chi connectivity index (χ4v) is 0.727. The summed E-state index contributed by atoms with van der Waals surface area (Å²) < 4.78 is 12.9. The third kappa shape index (κ3) is 6.07. The Labute approximate surface area is 51.7 Å². The van der Waals surface area contributed by atoms with Crippen LogP contribution in [0, 0.1) is 0 Å². The van der Waals surface area contributed by atoms with Crippen molar-refractivity contribution >= 4 is 11.0 Å². The van der Waals surface area contributed by atoms with Crippen molar-refractivity contribution in [3.8, 4) is 0 Å². The smallest absolute Gasteiger partial charge is 0.0883 e. The van der Waals surface area contributed by atoms with E-state index in [4.69, 9.17) is 5.11 Å². The average Bonchev–Trinajstić information content (AvgIpc) is 1.66. The fraction of sp³-hybridized carbons (Fsp3) is 1.00. The van der Waals surface area contributed by atoms with Gasteiger partial charge in [0.15, 0.2) is 0 Å². The summed E-state index contributed by atoms with van der Waals surface area (Å²) >= 11 is 0. The highest BCUT2D eigenvalue weighted by Gasteiger charge is 1.85. The van der Waals surface area contributed by atoms with E-state index in [0.29, 0.717) is 13.0 Å². The second kappa shape index (κ2) is 5.21. The van der Waals surface area contributed by atoms with Gasteiger partial charge in [-0.2, -0.15) is 0 Å². The SMILES string of the molecule is CS(=O)NCCCO. The summed E-state index contributed by atoms with van der Waals surface area (Å²) in [6, 6.07) is 0. The lowest BCUT2D eigenvalue weighted by Gasteiger charge is -1.95. The summed E-state index contributed by atoms with van der Waals surface area (Å²) in [5, 5.41) is 8.24. The van der Waals surface area contributed by atoms with E-state index in [0.717, 1.165) is 0 Å². The minimum absolute atomic E-state index is 0.157. The summed E-state index contributed by atoms with van der Waals surface area (Å²) in [6.45, 7) is 0.782. The zero-order chi connectivity index (χ0) is 6.41. The zero-order valence-electron chi connectivity index (χ0n) is 4.89. The molecule has 1 unspecified atom stereocenters. The van der Waals surface area contributed by atoms with Crippen LogP contribution < -0.4 is 4.72 Å². The normalized spacial score (nSPS) is 13.8. The van der Waals surface area contributed by atoms with Crippen LogP contribution in [-0.4, -0.2) is 28.7 Å². The molecule has 0 amide bonds. The molecule has 0 rings (SSSR count). The topological polar surface area (TPSA) is 49.3 Å². The summed E-state index contributed by atoms with van der Waals surface area (Å²) in [6.07, 6.45) is 2.23. The average molecular weight is 137 g/mol. The first-order valence-corrected chi connectivity index (χ1v) is 4.01. The van der Waals surface area contributed by atoms with Gasteiger partial charge in [-0.05, 0) is 6.42 Å². The van der Waals surface area contributed by atoms with Crippen LogP contribution in [0.2, 0.25) is 0 Å². The van der Waals surface area contributed by atoms with Gasteiger partial charge in [0.25, 0.3) is 0 Å². The second-order valence-corrected chi connectivity index (χ2v) is 2.62. The van der Waals surface area contributed by atoms with E-state index in [9.17, 15) is 4.21 Å². The first kappa shape index (κ1) is 8.07. The molecule has 50 valence electrons. The van der Waals surface area contributed by atoms with Gasteiger partial charge in [-0.3, -0.25) is 0 Å². The van der Waals surface area contributed by atoms with E-state index >= 15 is 0 Å². The van der Waals surface area contributed by atoms with Gasteiger partial charge in [-0.25, -0.2) is 8.93 Å². The maximum atomic E-state index is 10.2. The van der Waals surface area contributed by atoms with Crippen molar-refractivity contribution in [3.05, 3.63) is 0 Å². The first-order valence-electron chi connectivity index (χ1n) is 2.45. The number of hydrogen-bond acceptors (Lipinski definition) is 2. The van der Waals surface area contributed by atoms with Gasteiger partial charge in [0, 0.05) is 19.4 Å². The Morgan fingerprint density at radius 1 is 1.75 bits per heavy atom. The van der Waals surface area contributed by atoms with Crippen LogP contribution in [0.4, 0.5) is 0 Å². The van der Waals surface area contributed by atoms with E-state index in [-0.39, 0.29) is 6.61 Å². The molecule has 0 radical (unpaired) electrons. The maximum absolute atomic E-state index is 10.2. The number of aliphatic hydroxyl groups is 1. The summed E-state index contributed by atoms with van der Waals surface area (Å²) in [7, 11) is -0.928. The molecule has 1 atom stereocenters. The number of rotatable bonds is 4. The molecule has 0 aliphatic rings. The molecule has 2 N–H and O–H groups in total. The van der Waals surface area contributed by atoms with Crippen molar-refractivity contribution in [3.63, 3.8) is 0 Å². The Kier molecular flexibility index (Phi) is 5.26. The Bertz CT molecular complexity index is 76.4. The predicted molar refractivity (Wildman–Crippen MR) is 33.8 cm³/mol. The van der Waals surface area contributed by atoms with Crippen molar-refractivity contribution < 1.29 is 9.32 Å². The van der Waals surface area contributed by atoms with Gasteiger partial charge in [0.1, 0.15) is 0 Å². The molecular formula is C4H11NO2S. The predicted octanol–water partition coefficient (Wildman–Crippen LogP) is -0.748. The van der Waals surface area contributed by atoms with Gasteiger partial charge in [-0.1, -0.05) is 0 Å². The van der Waals surface area contributed by atoms with Crippen molar-refractivity contribution in [2.45, 2.75) is 6.42 Å². The van der Waals surface area contributed by atoms with E-state index in [1.165, 1.54) is 0 Å². The van der Waals surface area contributed by atoms with Crippen LogP contribution in [-0.2, 0) is 11.0 Å². The third-order valence-electron chi connectivity index (χ3n) is 0.640. The van der Waals surface area contributed by atoms with Crippen molar-refractivity contribution in [2.75, 3.05) is 19.4 Å². The number of nitrogens with one attached hydrogen (secondary N) is 1. The highest BCUT2D eigenvalue weighted by Crippen LogP contribution is 1.71. The van der Waals surface area contributed by atoms with Crippen molar-refractivity contribution in [1.29, 1.82) is 0 Å². The molecule has 0 saturated heterocycles. The van der Waals surface area contributed by atoms with Gasteiger partial charge in [0.05, 0.1) is 11.0 Å². The van der Waals surface area contributed by atoms with Gasteiger partial charge in [0.2, 0.25) is 0 Å². The molecule has 0 aliphatic carbocycles. The van der Waals surface area contributed by atoms with E-state index in [2.05, 4.69) is 4.72 Å². The molecule has 0 aromatic carbocycles. The second-order valence-electron chi connectivity index (χ2n) is 1.43. The zero-order valence-corrected chi connectivity index (χ0v) is 5.70. The lowest BCUT2D eigenvalue weighted by Crippen LogP contribution is -2.17. The highest BCUT2D eigenvalue weighted by molar-refractivity contribution is 7.82. The molecule has 4 heteroatoms. The quantitative estimate of drug-likeness (QED) is 0.501. The molecule has 0 bridgehead atoms. The molecule has 3 nitrogen and oxygen atoms in total. The van der Waals surface area contributed by atoms with Crippen LogP contribution in [0.1, 0.15) is 6.42 Å². The Hall–Kier alpha value is 0.0700. The Balaban J connectivity index is 2.82. The molecule has 8 heavy (non-hydrogen) atoms. The van der Waals surface area contributed by atoms with E-state index < -0.39 is 11.0 Å². The van der Waals surface area contributed by atoms with Crippen molar-refractivity contribution in [2.24, 2.45) is 0 Å². The van der Waals surface area contributed by atoms with E-state index in [1.54, 1.807) is 6.26 Å². The lowest BCUT2D eigenvalue weighted by atomic mass is 10.5. The molecule has 0 aromatic rings. The van der Waals surface area contributed by atoms with Crippen LogP contribution >= 0.6 is 0 Å². The highest BCUT2D eigenvalue weighted by atomic mass is 32.2. The standard InChI is InChI=1S/C4H11NO2S/c1-8(7)5-3-2-4-6/h5-6H,2-4H2,1H3. The minimum Gasteiger partial charge on any atom is -0.396 e. The van der Waals surface area contributed by atoms with Gasteiger partial charge < -0.3 is 5.11 Å². The Morgan fingerprint density at radius 2 is 2.38 bits per heavy atom. The molecule has 0 aromatic heterocycles. The van der Waals surface area contributed by atoms with Crippen LogP contribution in [0.5, 0.6) is 0 Å². The molecular weight excluding hydrogens is 126 g/mol. The maximum Gasteiger partial charge on any atom is 0.0883 e. The summed E-state index contributed by atoms with van der Waals surface area (Å²) in [5.41, 5.74) is 0. The first-order chi connectivity index (χ1) is 3.77. The van der Waals surface area contributed by atoms with Crippen LogP contribution in [0.3, 0.4) is 0 Å². The summed E-state index contributed by atoms with van der Waals surface area (Å²) in [4.78, 5) is 0. The minimum atomic E-state index is -0.928. The van der Waals surface area contributed by atoms with Gasteiger partial charge >= 0.3 is 0 Å². The summed E-state index contributed by atoms with van der Waals surface area (Å²) in [5.74, 6) is 0. The third-order valence-corrected chi connectivity index (χ3v) is 1.25. The van der Waals surface area contributed by atoms with E-state index in [1.807, 2.05) is 0 Å². The van der Waals surface area contributed by atoms with Crippen LogP contribution in [0.25, 0.3) is 0 Å². The van der Waals surface area contributed by atoms with Crippen LogP contribution in [0.15, 0.2) is 0 Å². The monoisotopic (exact) mass is 137 g/mol. The Morgan fingerprint density at radius 3 is 2.75 bits per heavy atom. The van der Waals surface area contributed by atoms with Gasteiger partial charge in [-0.15, -0.1) is 0 Å². The lowest BCUT2D eigenvalue weighted by molar-refractivity contribution is 0.289. The molecule has 0 heterocycles. The largest absolute Gasteiger partial charge is 0.396 e. The fourth-order valence-electron chi connectivity index (χ4n) is 0.295. The number of hydrogen-bond donors (Lipinski definition) is 2. The molecule has 0 fully saturated rings. The number of aliphatic hydroxyl groups excluding tert-OH is 1. The molecule has 0 saturated carbocycles. The molecule has 0 spiro atoms. The van der Waals surface area contributed by atoms with Crippen molar-refractivity contribution in [1.82, 2.24) is 4.72 Å². The molecule has 0 aliphatic heterocycles.